The Hall–Kier alpha value is -1.49. The van der Waals surface area contributed by atoms with Crippen LogP contribution < -0.4 is 0 Å². The van der Waals surface area contributed by atoms with Gasteiger partial charge in [0.15, 0.2) is 11.6 Å². The van der Waals surface area contributed by atoms with Gasteiger partial charge in [0.05, 0.1) is 12.7 Å². The largest absolute Gasteiger partial charge is 0.458 e. The molecule has 0 unspecified atom stereocenters. The van der Waals surface area contributed by atoms with Crippen molar-refractivity contribution in [2.45, 2.75) is 71.3 Å². The second kappa shape index (κ2) is 6.76. The van der Waals surface area contributed by atoms with Gasteiger partial charge in [0.25, 0.3) is 0 Å². The zero-order chi connectivity index (χ0) is 20.4. The Balaban J connectivity index is 1.38. The molecule has 4 fully saturated rings. The van der Waals surface area contributed by atoms with Crippen molar-refractivity contribution in [3.8, 4) is 0 Å². The van der Waals surface area contributed by atoms with E-state index < -0.39 is 0 Å². The first kappa shape index (κ1) is 19.5. The van der Waals surface area contributed by atoms with E-state index in [0.29, 0.717) is 30.6 Å². The van der Waals surface area contributed by atoms with Gasteiger partial charge in [-0.3, -0.25) is 14.4 Å². The zero-order valence-electron chi connectivity index (χ0n) is 17.6. The number of hydrogen-bond acceptors (Lipinski definition) is 5. The maximum absolute atomic E-state index is 12.9. The molecule has 29 heavy (non-hydrogen) atoms. The minimum atomic E-state index is -0.298. The molecule has 0 aromatic rings. The maximum Gasteiger partial charge on any atom is 0.305 e. The van der Waals surface area contributed by atoms with Gasteiger partial charge in [-0.2, -0.15) is 0 Å². The molecule has 0 N–H and O–H groups in total. The molecule has 2 bridgehead atoms. The summed E-state index contributed by atoms with van der Waals surface area (Å²) in [5, 5.41) is 0. The molecular weight excluding hydrogens is 368 g/mol. The Labute approximate surface area is 172 Å². The van der Waals surface area contributed by atoms with Gasteiger partial charge in [-0.25, -0.2) is 0 Å². The van der Waals surface area contributed by atoms with Crippen molar-refractivity contribution in [1.82, 2.24) is 0 Å². The number of rotatable bonds is 4. The molecule has 5 heteroatoms. The highest BCUT2D eigenvalue weighted by molar-refractivity contribution is 5.92. The number of carbonyl (C=O) groups is 3. The lowest BCUT2D eigenvalue weighted by Crippen LogP contribution is -2.53. The summed E-state index contributed by atoms with van der Waals surface area (Å²) in [6.07, 6.45) is 9.05. The Morgan fingerprint density at radius 2 is 2.03 bits per heavy atom. The molecule has 158 valence electrons. The lowest BCUT2D eigenvalue weighted by atomic mass is 9.46. The van der Waals surface area contributed by atoms with E-state index in [1.165, 1.54) is 5.57 Å². The highest BCUT2D eigenvalue weighted by Gasteiger charge is 2.65. The predicted octanol–water partition coefficient (Wildman–Crippen LogP) is 3.65. The standard InChI is InChI=1S/C24H32O5/c1-3-22(27)28-12-20(26)18-5-4-16-15-11-21-19-10-14(25)6-9-24(19,13-29-21)17(15)7-8-23(16,18)2/h10,15-18,21H,3-9,11-13H2,1-2H3/t15-,16-,17-,18+,21+,23-,24-/m0/s1. The molecule has 1 aliphatic heterocycles. The number of Topliss-reactive ketones (excluding diaryl/α,β-unsaturated/α-hetero) is 1. The average molecular weight is 401 g/mol. The molecular formula is C24H32O5. The highest BCUT2D eigenvalue weighted by Crippen LogP contribution is 2.68. The third-order valence-corrected chi connectivity index (χ3v) is 9.28. The van der Waals surface area contributed by atoms with Crippen LogP contribution in [0.2, 0.25) is 0 Å². The van der Waals surface area contributed by atoms with Crippen molar-refractivity contribution >= 4 is 17.5 Å². The van der Waals surface area contributed by atoms with E-state index in [1.54, 1.807) is 6.92 Å². The molecule has 1 saturated heterocycles. The molecule has 5 rings (SSSR count). The maximum atomic E-state index is 12.9. The average Bonchev–Trinajstić information content (AvgIpc) is 3.19. The lowest BCUT2D eigenvalue weighted by Gasteiger charge is -2.56. The van der Waals surface area contributed by atoms with Crippen LogP contribution in [0, 0.1) is 34.5 Å². The highest BCUT2D eigenvalue weighted by atomic mass is 16.5. The van der Waals surface area contributed by atoms with E-state index in [2.05, 4.69) is 6.92 Å². The smallest absolute Gasteiger partial charge is 0.305 e. The summed E-state index contributed by atoms with van der Waals surface area (Å²) in [5.74, 6) is 1.74. The summed E-state index contributed by atoms with van der Waals surface area (Å²) >= 11 is 0. The summed E-state index contributed by atoms with van der Waals surface area (Å²) in [5.41, 5.74) is 1.36. The summed E-state index contributed by atoms with van der Waals surface area (Å²) in [6.45, 7) is 4.76. The minimum Gasteiger partial charge on any atom is -0.458 e. The lowest BCUT2D eigenvalue weighted by molar-refractivity contribution is -0.150. The second-order valence-corrected chi connectivity index (χ2v) is 10.3. The fraction of sp³-hybridized carbons (Fsp3) is 0.792. The first-order chi connectivity index (χ1) is 13.9. The van der Waals surface area contributed by atoms with Crippen LogP contribution in [0.25, 0.3) is 0 Å². The molecule has 7 atom stereocenters. The molecule has 3 saturated carbocycles. The quantitative estimate of drug-likeness (QED) is 0.674. The van der Waals surface area contributed by atoms with Crippen molar-refractivity contribution in [1.29, 1.82) is 0 Å². The molecule has 4 aliphatic carbocycles. The zero-order valence-corrected chi connectivity index (χ0v) is 17.6. The van der Waals surface area contributed by atoms with Crippen molar-refractivity contribution in [3.63, 3.8) is 0 Å². The first-order valence-corrected chi connectivity index (χ1v) is 11.4. The summed E-state index contributed by atoms with van der Waals surface area (Å²) in [6, 6.07) is 0. The molecule has 0 aromatic carbocycles. The van der Waals surface area contributed by atoms with Crippen molar-refractivity contribution < 1.29 is 23.9 Å². The van der Waals surface area contributed by atoms with Gasteiger partial charge < -0.3 is 9.47 Å². The van der Waals surface area contributed by atoms with Crippen LogP contribution >= 0.6 is 0 Å². The van der Waals surface area contributed by atoms with Crippen LogP contribution in [0.4, 0.5) is 0 Å². The van der Waals surface area contributed by atoms with Gasteiger partial charge in [0.2, 0.25) is 0 Å². The van der Waals surface area contributed by atoms with Gasteiger partial charge in [-0.15, -0.1) is 0 Å². The van der Waals surface area contributed by atoms with Crippen LogP contribution in [-0.2, 0) is 23.9 Å². The monoisotopic (exact) mass is 400 g/mol. The van der Waals surface area contributed by atoms with E-state index in [-0.39, 0.29) is 47.0 Å². The van der Waals surface area contributed by atoms with Crippen LogP contribution in [-0.4, -0.2) is 36.9 Å². The van der Waals surface area contributed by atoms with Crippen LogP contribution in [0.3, 0.4) is 0 Å². The summed E-state index contributed by atoms with van der Waals surface area (Å²) in [4.78, 5) is 36.5. The number of carbonyl (C=O) groups excluding carboxylic acids is 3. The Morgan fingerprint density at radius 1 is 1.21 bits per heavy atom. The van der Waals surface area contributed by atoms with E-state index in [4.69, 9.17) is 9.47 Å². The molecule has 5 aliphatic rings. The fourth-order valence-corrected chi connectivity index (χ4v) is 7.92. The number of ether oxygens (including phenoxy) is 2. The normalized spacial score (nSPS) is 45.1. The van der Waals surface area contributed by atoms with E-state index >= 15 is 0 Å². The molecule has 0 amide bonds. The van der Waals surface area contributed by atoms with Crippen LogP contribution in [0.5, 0.6) is 0 Å². The third-order valence-electron chi connectivity index (χ3n) is 9.28. The number of hydrogen-bond donors (Lipinski definition) is 0. The molecule has 0 radical (unpaired) electrons. The molecule has 0 aromatic heterocycles. The van der Waals surface area contributed by atoms with Crippen molar-refractivity contribution in [2.24, 2.45) is 34.5 Å². The summed E-state index contributed by atoms with van der Waals surface area (Å²) < 4.78 is 11.4. The van der Waals surface area contributed by atoms with E-state index in [0.717, 1.165) is 45.1 Å². The van der Waals surface area contributed by atoms with Gasteiger partial charge in [-0.1, -0.05) is 13.8 Å². The van der Waals surface area contributed by atoms with Crippen LogP contribution in [0.15, 0.2) is 11.6 Å². The van der Waals surface area contributed by atoms with Crippen molar-refractivity contribution in [2.75, 3.05) is 13.2 Å². The van der Waals surface area contributed by atoms with Gasteiger partial charge in [0, 0.05) is 24.2 Å². The number of esters is 1. The topological polar surface area (TPSA) is 69.7 Å². The number of ketones is 2. The number of fused-ring (bicyclic) bond motifs is 3. The second-order valence-electron chi connectivity index (χ2n) is 10.3. The summed E-state index contributed by atoms with van der Waals surface area (Å²) in [7, 11) is 0. The van der Waals surface area contributed by atoms with E-state index in [1.807, 2.05) is 6.08 Å². The Kier molecular flexibility index (Phi) is 4.54. The van der Waals surface area contributed by atoms with Crippen LogP contribution in [0.1, 0.15) is 65.2 Å². The molecule has 0 spiro atoms. The van der Waals surface area contributed by atoms with E-state index in [9.17, 15) is 14.4 Å². The van der Waals surface area contributed by atoms with Gasteiger partial charge in [-0.05, 0) is 73.3 Å². The SMILES string of the molecule is CCC(=O)OCC(=O)[C@H]1CC[C@H]2[C@@H]3C[C@H]4OC[C@@]5(CCC(=O)C=C45)[C@H]3CC[C@]12C. The minimum absolute atomic E-state index is 0.000879. The predicted molar refractivity (Wildman–Crippen MR) is 106 cm³/mol. The van der Waals surface area contributed by atoms with Crippen molar-refractivity contribution in [3.05, 3.63) is 11.6 Å². The molecule has 1 heterocycles. The van der Waals surface area contributed by atoms with Gasteiger partial charge in [0.1, 0.15) is 6.61 Å². The fourth-order valence-electron chi connectivity index (χ4n) is 7.92. The Bertz CT molecular complexity index is 784. The molecule has 5 nitrogen and oxygen atoms in total. The third kappa shape index (κ3) is 2.72. The first-order valence-electron chi connectivity index (χ1n) is 11.4. The van der Waals surface area contributed by atoms with Gasteiger partial charge >= 0.3 is 5.97 Å². The Morgan fingerprint density at radius 3 is 2.83 bits per heavy atom.